The third-order valence-corrected chi connectivity index (χ3v) is 7.82. The summed E-state index contributed by atoms with van der Waals surface area (Å²) in [6.07, 6.45) is -7.23. The normalized spacial score (nSPS) is 21.4. The van der Waals surface area contributed by atoms with E-state index in [9.17, 15) is 35.9 Å². The minimum atomic E-state index is -4.43. The van der Waals surface area contributed by atoms with Gasteiger partial charge in [0.25, 0.3) is 0 Å². The topological polar surface area (TPSA) is 71.2 Å². The zero-order chi connectivity index (χ0) is 31.7. The van der Waals surface area contributed by atoms with Gasteiger partial charge in [-0.1, -0.05) is 0 Å². The smallest absolute Gasteiger partial charge is 0.325 e. The van der Waals surface area contributed by atoms with E-state index in [0.717, 1.165) is 76.4 Å². The van der Waals surface area contributed by atoms with Crippen LogP contribution in [0.15, 0.2) is 48.5 Å². The molecule has 2 bridgehead atoms. The predicted molar refractivity (Wildman–Crippen MR) is 155 cm³/mol. The molecule has 8 nitrogen and oxygen atoms in total. The summed E-state index contributed by atoms with van der Waals surface area (Å²) in [4.78, 5) is 34.2. The average Bonchev–Trinajstić information content (AvgIpc) is 2.95. The molecule has 2 fully saturated rings. The van der Waals surface area contributed by atoms with E-state index in [2.05, 4.69) is 30.2 Å². The summed E-state index contributed by atoms with van der Waals surface area (Å²) in [6.45, 7) is 7.82. The summed E-state index contributed by atoms with van der Waals surface area (Å²) in [5.74, 6) is -0.562. The lowest BCUT2D eigenvalue weighted by atomic mass is 10.2. The van der Waals surface area contributed by atoms with Gasteiger partial charge in [-0.15, -0.1) is 0 Å². The van der Waals surface area contributed by atoms with Gasteiger partial charge in [0.15, 0.2) is 0 Å². The maximum Gasteiger partial charge on any atom is 0.416 e. The van der Waals surface area contributed by atoms with Crippen molar-refractivity contribution in [3.8, 4) is 0 Å². The molecule has 2 heterocycles. The van der Waals surface area contributed by atoms with E-state index in [0.29, 0.717) is 37.6 Å². The summed E-state index contributed by atoms with van der Waals surface area (Å²) >= 11 is 0. The Morgan fingerprint density at radius 3 is 1.20 bits per heavy atom. The lowest BCUT2D eigenvalue weighted by Gasteiger charge is -2.35. The number of nitrogens with one attached hydrogen (secondary N) is 2. The number of amides is 2. The van der Waals surface area contributed by atoms with Crippen molar-refractivity contribution in [1.82, 2.24) is 19.6 Å². The molecule has 2 aliphatic heterocycles. The molecule has 2 aliphatic rings. The third-order valence-electron chi connectivity index (χ3n) is 7.82. The van der Waals surface area contributed by atoms with E-state index < -0.39 is 23.5 Å². The van der Waals surface area contributed by atoms with Gasteiger partial charge in [-0.25, -0.2) is 0 Å². The van der Waals surface area contributed by atoms with Crippen LogP contribution in [0.5, 0.6) is 0 Å². The van der Waals surface area contributed by atoms with E-state index in [1.165, 1.54) is 24.3 Å². The molecule has 2 atom stereocenters. The first-order valence-electron chi connectivity index (χ1n) is 14.7. The molecule has 2 saturated heterocycles. The quantitative estimate of drug-likeness (QED) is 0.465. The number of anilines is 2. The molecule has 2 amide bonds. The Labute approximate surface area is 253 Å². The van der Waals surface area contributed by atoms with Crippen LogP contribution >= 0.6 is 0 Å². The second-order valence-corrected chi connectivity index (χ2v) is 11.2. The van der Waals surface area contributed by atoms with Crippen LogP contribution in [-0.4, -0.2) is 110 Å². The van der Waals surface area contributed by atoms with E-state index >= 15 is 0 Å². The first kappa shape index (κ1) is 33.7. The average molecular weight is 629 g/mol. The van der Waals surface area contributed by atoms with Crippen LogP contribution in [0, 0.1) is 0 Å². The maximum absolute atomic E-state index is 12.8. The van der Waals surface area contributed by atoms with Crippen molar-refractivity contribution >= 4 is 23.2 Å². The van der Waals surface area contributed by atoms with Gasteiger partial charge in [0, 0.05) is 50.6 Å². The number of fused-ring (bicyclic) bond motifs is 3. The lowest BCUT2D eigenvalue weighted by Crippen LogP contribution is -2.48. The molecular formula is C30H38F6N6O2. The fraction of sp³-hybridized carbons (Fsp3) is 0.533. The molecular weight excluding hydrogens is 590 g/mol. The number of nitrogens with zero attached hydrogens (tertiary/aromatic N) is 4. The zero-order valence-corrected chi connectivity index (χ0v) is 24.4. The maximum atomic E-state index is 12.8. The molecule has 2 unspecified atom stereocenters. The van der Waals surface area contributed by atoms with Crippen LogP contribution in [-0.2, 0) is 21.9 Å². The minimum absolute atomic E-state index is 0.136. The van der Waals surface area contributed by atoms with Gasteiger partial charge in [-0.05, 0) is 87.6 Å². The highest BCUT2D eigenvalue weighted by Gasteiger charge is 2.31. The molecule has 0 radical (unpaired) electrons. The molecule has 0 saturated carbocycles. The van der Waals surface area contributed by atoms with Crippen molar-refractivity contribution < 1.29 is 35.9 Å². The zero-order valence-electron chi connectivity index (χ0n) is 24.4. The van der Waals surface area contributed by atoms with Crippen LogP contribution in [0.2, 0.25) is 0 Å². The monoisotopic (exact) mass is 628 g/mol. The largest absolute Gasteiger partial charge is 0.416 e. The van der Waals surface area contributed by atoms with Gasteiger partial charge < -0.3 is 20.4 Å². The molecule has 0 aliphatic carbocycles. The fourth-order valence-corrected chi connectivity index (χ4v) is 5.39. The highest BCUT2D eigenvalue weighted by molar-refractivity contribution is 5.92. The van der Waals surface area contributed by atoms with Gasteiger partial charge in [-0.2, -0.15) is 26.3 Å². The van der Waals surface area contributed by atoms with Crippen LogP contribution < -0.4 is 10.6 Å². The number of carbonyl (C=O) groups excluding carboxylic acids is 2. The van der Waals surface area contributed by atoms with Crippen molar-refractivity contribution in [2.45, 2.75) is 25.2 Å². The Balaban J connectivity index is 1.27. The second-order valence-electron chi connectivity index (χ2n) is 11.2. The summed E-state index contributed by atoms with van der Waals surface area (Å²) in [6, 6.07) is 8.80. The highest BCUT2D eigenvalue weighted by atomic mass is 19.4. The van der Waals surface area contributed by atoms with E-state index in [4.69, 9.17) is 0 Å². The van der Waals surface area contributed by atoms with Crippen LogP contribution in [0.4, 0.5) is 37.7 Å². The number of halogens is 6. The standard InChI is InChI=1S/C30H38F6N6O2/c31-29(32,33)23-3-7-25(8-4-23)37-27(43)21-41-13-1-11-39-15-16-40(18-19-41)12-2-14-42(20-17-39)22-28(44)38-26-9-5-24(6-10-26)30(34,35)36/h3-10H,1-2,11-22H2,(H,37,43)(H,38,44). The third kappa shape index (κ3) is 10.8. The van der Waals surface area contributed by atoms with Gasteiger partial charge in [0.2, 0.25) is 11.8 Å². The van der Waals surface area contributed by atoms with Crippen LogP contribution in [0.3, 0.4) is 0 Å². The van der Waals surface area contributed by atoms with E-state index in [-0.39, 0.29) is 24.9 Å². The minimum Gasteiger partial charge on any atom is -0.325 e. The first-order valence-corrected chi connectivity index (χ1v) is 14.7. The number of hydrogen-bond donors (Lipinski definition) is 2. The Bertz CT molecular complexity index is 1130. The van der Waals surface area contributed by atoms with Crippen molar-refractivity contribution in [3.63, 3.8) is 0 Å². The molecule has 4 rings (SSSR count). The van der Waals surface area contributed by atoms with Gasteiger partial charge in [0.1, 0.15) is 0 Å². The Morgan fingerprint density at radius 1 is 0.523 bits per heavy atom. The number of hydrogen-bond acceptors (Lipinski definition) is 6. The number of benzene rings is 2. The second kappa shape index (κ2) is 15.2. The number of carbonyl (C=O) groups is 2. The SMILES string of the molecule is O=C(CN1CCCN2CCN(CCCN(CC(=O)Nc3ccc(C(F)(F)F)cc3)CC2)CC1)Nc1ccc(C(F)(F)F)cc1. The molecule has 2 N–H and O–H groups in total. The molecule has 2 aromatic carbocycles. The fourth-order valence-electron chi connectivity index (χ4n) is 5.39. The van der Waals surface area contributed by atoms with Crippen molar-refractivity contribution in [1.29, 1.82) is 0 Å². The van der Waals surface area contributed by atoms with Gasteiger partial charge >= 0.3 is 12.4 Å². The first-order chi connectivity index (χ1) is 20.8. The number of rotatable bonds is 6. The van der Waals surface area contributed by atoms with Gasteiger partial charge in [0.05, 0.1) is 24.2 Å². The Hall–Kier alpha value is -3.20. The molecule has 2 aromatic rings. The number of alkyl halides is 6. The van der Waals surface area contributed by atoms with Crippen molar-refractivity contribution in [2.75, 3.05) is 89.2 Å². The van der Waals surface area contributed by atoms with Gasteiger partial charge in [-0.3, -0.25) is 19.4 Å². The highest BCUT2D eigenvalue weighted by Crippen LogP contribution is 2.30. The Kier molecular flexibility index (Phi) is 11.6. The molecule has 0 spiro atoms. The summed E-state index contributed by atoms with van der Waals surface area (Å²) in [7, 11) is 0. The Morgan fingerprint density at radius 2 is 0.864 bits per heavy atom. The molecule has 14 heteroatoms. The van der Waals surface area contributed by atoms with Crippen molar-refractivity contribution in [3.05, 3.63) is 59.7 Å². The van der Waals surface area contributed by atoms with E-state index in [1.54, 1.807) is 0 Å². The van der Waals surface area contributed by atoms with E-state index in [1.807, 2.05) is 0 Å². The van der Waals surface area contributed by atoms with Crippen LogP contribution in [0.1, 0.15) is 24.0 Å². The lowest BCUT2D eigenvalue weighted by molar-refractivity contribution is -0.138. The molecule has 242 valence electrons. The van der Waals surface area contributed by atoms with Crippen LogP contribution in [0.25, 0.3) is 0 Å². The van der Waals surface area contributed by atoms with Crippen molar-refractivity contribution in [2.24, 2.45) is 0 Å². The molecule has 44 heavy (non-hydrogen) atoms. The predicted octanol–water partition coefficient (Wildman–Crippen LogP) is 4.32. The summed E-state index contributed by atoms with van der Waals surface area (Å²) < 4.78 is 77.0. The summed E-state index contributed by atoms with van der Waals surface area (Å²) in [5.41, 5.74) is -0.906. The summed E-state index contributed by atoms with van der Waals surface area (Å²) in [5, 5.41) is 5.39. The molecule has 0 aromatic heterocycles.